The van der Waals surface area contributed by atoms with Crippen LogP contribution in [0.25, 0.3) is 0 Å². The van der Waals surface area contributed by atoms with Gasteiger partial charge in [0.15, 0.2) is 5.69 Å². The van der Waals surface area contributed by atoms with Crippen molar-refractivity contribution >= 4 is 5.97 Å². The summed E-state index contributed by atoms with van der Waals surface area (Å²) < 4.78 is 37.1. The van der Waals surface area contributed by atoms with Crippen molar-refractivity contribution in [3.63, 3.8) is 0 Å². The van der Waals surface area contributed by atoms with E-state index < -0.39 is 28.7 Å². The lowest BCUT2D eigenvalue weighted by molar-refractivity contribution is -0.142. The number of nitrogens with zero attached hydrogens (tertiary/aromatic N) is 1. The van der Waals surface area contributed by atoms with Gasteiger partial charge in [0.05, 0.1) is 5.69 Å². The number of carboxylic acid groups (broad SMARTS) is 1. The van der Waals surface area contributed by atoms with E-state index in [2.05, 4.69) is 10.2 Å². The number of H-pyrrole nitrogens is 1. The van der Waals surface area contributed by atoms with Crippen LogP contribution in [0.4, 0.5) is 13.2 Å². The van der Waals surface area contributed by atoms with Crippen LogP contribution in [0.1, 0.15) is 31.7 Å². The molecule has 1 aromatic heterocycles. The summed E-state index contributed by atoms with van der Waals surface area (Å²) in [6.45, 7) is 3.41. The van der Waals surface area contributed by atoms with Gasteiger partial charge in [-0.05, 0) is 17.9 Å². The first-order valence-corrected chi connectivity index (χ1v) is 4.98. The zero-order valence-electron chi connectivity index (χ0n) is 9.22. The molecule has 17 heavy (non-hydrogen) atoms. The van der Waals surface area contributed by atoms with Crippen molar-refractivity contribution in [1.82, 2.24) is 10.2 Å². The van der Waals surface area contributed by atoms with E-state index in [0.717, 1.165) is 6.07 Å². The molecule has 7 heteroatoms. The Bertz CT molecular complexity index is 478. The molecule has 2 N–H and O–H groups in total. The molecule has 0 radical (unpaired) electrons. The molecule has 4 nitrogen and oxygen atoms in total. The van der Waals surface area contributed by atoms with E-state index in [1.165, 1.54) is 0 Å². The molecule has 0 spiro atoms. The molecule has 1 aliphatic rings. The van der Waals surface area contributed by atoms with Gasteiger partial charge in [0.25, 0.3) is 0 Å². The number of aliphatic carboxylic acids is 1. The molecule has 94 valence electrons. The Labute approximate surface area is 94.8 Å². The number of halogens is 3. The number of aromatic amines is 1. The van der Waals surface area contributed by atoms with Gasteiger partial charge in [-0.15, -0.1) is 0 Å². The molecule has 1 heterocycles. The highest BCUT2D eigenvalue weighted by atomic mass is 19.4. The third-order valence-electron chi connectivity index (χ3n) is 3.43. The van der Waals surface area contributed by atoms with Crippen molar-refractivity contribution in [2.24, 2.45) is 5.41 Å². The van der Waals surface area contributed by atoms with Gasteiger partial charge >= 0.3 is 12.1 Å². The summed E-state index contributed by atoms with van der Waals surface area (Å²) in [5, 5.41) is 14.5. The van der Waals surface area contributed by atoms with Crippen molar-refractivity contribution in [2.75, 3.05) is 0 Å². The Hall–Kier alpha value is -1.53. The second-order valence-electron chi connectivity index (χ2n) is 4.94. The summed E-state index contributed by atoms with van der Waals surface area (Å²) in [5.74, 6) is -1.13. The quantitative estimate of drug-likeness (QED) is 0.843. The standard InChI is InChI=1S/C10H11F3N2O2/c1-8(2)4-9(8,7(16)17)5-3-6(15-14-5)10(11,12)13/h3H,4H2,1-2H3,(H,14,15)(H,16,17). The van der Waals surface area contributed by atoms with E-state index in [-0.39, 0.29) is 5.69 Å². The number of carbonyl (C=O) groups is 1. The van der Waals surface area contributed by atoms with Crippen molar-refractivity contribution in [1.29, 1.82) is 0 Å². The smallest absolute Gasteiger partial charge is 0.435 e. The molecular formula is C10H11F3N2O2. The summed E-state index contributed by atoms with van der Waals surface area (Å²) in [5.41, 5.74) is -2.91. The molecular weight excluding hydrogens is 237 g/mol. The van der Waals surface area contributed by atoms with Crippen molar-refractivity contribution < 1.29 is 23.1 Å². The van der Waals surface area contributed by atoms with Gasteiger partial charge in [-0.25, -0.2) is 0 Å². The van der Waals surface area contributed by atoms with Crippen molar-refractivity contribution in [3.05, 3.63) is 17.5 Å². The van der Waals surface area contributed by atoms with Crippen LogP contribution in [-0.4, -0.2) is 21.3 Å². The van der Waals surface area contributed by atoms with Gasteiger partial charge in [-0.1, -0.05) is 13.8 Å². The van der Waals surface area contributed by atoms with Gasteiger partial charge in [0.2, 0.25) is 0 Å². The Morgan fingerprint density at radius 1 is 1.53 bits per heavy atom. The fourth-order valence-corrected chi connectivity index (χ4v) is 2.24. The summed E-state index contributed by atoms with van der Waals surface area (Å²) in [4.78, 5) is 11.2. The van der Waals surface area contributed by atoms with Gasteiger partial charge in [-0.3, -0.25) is 9.89 Å². The summed E-state index contributed by atoms with van der Waals surface area (Å²) in [6, 6.07) is 0.781. The van der Waals surface area contributed by atoms with Crippen molar-refractivity contribution in [2.45, 2.75) is 31.9 Å². The molecule has 1 atom stereocenters. The number of carboxylic acids is 1. The Morgan fingerprint density at radius 2 is 2.06 bits per heavy atom. The van der Waals surface area contributed by atoms with E-state index in [4.69, 9.17) is 0 Å². The van der Waals surface area contributed by atoms with Crippen LogP contribution in [0.5, 0.6) is 0 Å². The first-order valence-electron chi connectivity index (χ1n) is 4.98. The fourth-order valence-electron chi connectivity index (χ4n) is 2.24. The van der Waals surface area contributed by atoms with Crippen LogP contribution in [0.2, 0.25) is 0 Å². The predicted octanol–water partition coefficient (Wildman–Crippen LogP) is 2.18. The number of aromatic nitrogens is 2. The largest absolute Gasteiger partial charge is 0.481 e. The molecule has 0 saturated heterocycles. The van der Waals surface area contributed by atoms with Crippen LogP contribution in [0.3, 0.4) is 0 Å². The van der Waals surface area contributed by atoms with E-state index in [9.17, 15) is 23.1 Å². The summed E-state index contributed by atoms with van der Waals surface area (Å²) in [7, 11) is 0. The van der Waals surface area contributed by atoms with Gasteiger partial charge < -0.3 is 5.11 Å². The van der Waals surface area contributed by atoms with Gasteiger partial charge in [0, 0.05) is 0 Å². The minimum Gasteiger partial charge on any atom is -0.481 e. The Balaban J connectivity index is 2.42. The minimum atomic E-state index is -4.56. The number of hydrogen-bond donors (Lipinski definition) is 2. The third kappa shape index (κ3) is 1.52. The lowest BCUT2D eigenvalue weighted by Gasteiger charge is -2.12. The maximum atomic E-state index is 12.4. The molecule has 1 aromatic rings. The van der Waals surface area contributed by atoms with E-state index in [1.54, 1.807) is 13.8 Å². The highest BCUT2D eigenvalue weighted by Gasteiger charge is 2.69. The van der Waals surface area contributed by atoms with Crippen LogP contribution >= 0.6 is 0 Å². The topological polar surface area (TPSA) is 66.0 Å². The highest BCUT2D eigenvalue weighted by Crippen LogP contribution is 2.64. The molecule has 1 saturated carbocycles. The predicted molar refractivity (Wildman–Crippen MR) is 51.3 cm³/mol. The lowest BCUT2D eigenvalue weighted by atomic mass is 9.92. The second kappa shape index (κ2) is 3.02. The second-order valence-corrected chi connectivity index (χ2v) is 4.94. The number of rotatable bonds is 2. The number of hydrogen-bond acceptors (Lipinski definition) is 2. The first-order chi connectivity index (χ1) is 7.61. The van der Waals surface area contributed by atoms with Crippen LogP contribution < -0.4 is 0 Å². The van der Waals surface area contributed by atoms with Crippen LogP contribution in [0.15, 0.2) is 6.07 Å². The van der Waals surface area contributed by atoms with Gasteiger partial charge in [0.1, 0.15) is 5.41 Å². The fraction of sp³-hybridized carbons (Fsp3) is 0.600. The number of alkyl halides is 3. The maximum Gasteiger partial charge on any atom is 0.435 e. The average molecular weight is 248 g/mol. The molecule has 0 aromatic carbocycles. The Morgan fingerprint density at radius 3 is 2.35 bits per heavy atom. The first kappa shape index (κ1) is 11.9. The molecule has 1 fully saturated rings. The zero-order valence-corrected chi connectivity index (χ0v) is 9.22. The van der Waals surface area contributed by atoms with Crippen LogP contribution in [0, 0.1) is 5.41 Å². The average Bonchev–Trinajstić information content (AvgIpc) is 2.61. The van der Waals surface area contributed by atoms with E-state index >= 15 is 0 Å². The normalized spacial score (nSPS) is 26.9. The minimum absolute atomic E-state index is 0.0160. The SMILES string of the molecule is CC1(C)CC1(C(=O)O)c1cc(C(F)(F)F)n[nH]1. The molecule has 1 aliphatic carbocycles. The van der Waals surface area contributed by atoms with E-state index in [1.807, 2.05) is 0 Å². The molecule has 0 bridgehead atoms. The summed E-state index contributed by atoms with van der Waals surface area (Å²) >= 11 is 0. The lowest BCUT2D eigenvalue weighted by Crippen LogP contribution is -2.26. The molecule has 2 rings (SSSR count). The molecule has 0 amide bonds. The zero-order chi connectivity index (χ0) is 13.1. The maximum absolute atomic E-state index is 12.4. The van der Waals surface area contributed by atoms with Crippen LogP contribution in [-0.2, 0) is 16.4 Å². The van der Waals surface area contributed by atoms with Crippen molar-refractivity contribution in [3.8, 4) is 0 Å². The highest BCUT2D eigenvalue weighted by molar-refractivity contribution is 5.86. The molecule has 1 unspecified atom stereocenters. The summed E-state index contributed by atoms with van der Waals surface area (Å²) in [6.07, 6.45) is -4.26. The van der Waals surface area contributed by atoms with Gasteiger partial charge in [-0.2, -0.15) is 18.3 Å². The third-order valence-corrected chi connectivity index (χ3v) is 3.43. The van der Waals surface area contributed by atoms with E-state index in [0.29, 0.717) is 6.42 Å². The monoisotopic (exact) mass is 248 g/mol. The number of nitrogens with one attached hydrogen (secondary N) is 1. The molecule has 0 aliphatic heterocycles. The Kier molecular flexibility index (Phi) is 2.12.